The zero-order valence-corrected chi connectivity index (χ0v) is 11.4. The van der Waals surface area contributed by atoms with Gasteiger partial charge in [-0.3, -0.25) is 14.6 Å². The van der Waals surface area contributed by atoms with Gasteiger partial charge in [-0.15, -0.1) is 0 Å². The minimum Gasteiger partial charge on any atom is -0.289 e. The molecule has 1 saturated carbocycles. The Kier molecular flexibility index (Phi) is 1.99. The van der Waals surface area contributed by atoms with Crippen molar-refractivity contribution in [3.8, 4) is 0 Å². The van der Waals surface area contributed by atoms with E-state index in [-0.39, 0.29) is 11.6 Å². The lowest BCUT2D eigenvalue weighted by Crippen LogP contribution is -2.26. The molecule has 21 heavy (non-hydrogen) atoms. The fraction of sp³-hybridized carbons (Fsp3) is 0.278. The number of Topliss-reactive ketones (excluding diaryl/α,β-unsaturated/α-hetero) is 2. The van der Waals surface area contributed by atoms with E-state index in [4.69, 9.17) is 0 Å². The zero-order valence-electron chi connectivity index (χ0n) is 11.4. The zero-order chi connectivity index (χ0) is 14.1. The fourth-order valence-electron chi connectivity index (χ4n) is 4.40. The van der Waals surface area contributed by atoms with Crippen LogP contribution in [0.15, 0.2) is 41.6 Å². The minimum absolute atomic E-state index is 0.0463. The summed E-state index contributed by atoms with van der Waals surface area (Å²) < 4.78 is 0. The van der Waals surface area contributed by atoms with Gasteiger partial charge in [-0.2, -0.15) is 0 Å². The van der Waals surface area contributed by atoms with Gasteiger partial charge in [0.1, 0.15) is 0 Å². The molecule has 3 aliphatic rings. The Hall–Kier alpha value is -2.29. The second kappa shape index (κ2) is 3.67. The molecule has 0 aliphatic heterocycles. The maximum atomic E-state index is 13.0. The standard InChI is InChI=1S/C18H13NO2/c20-17-12-8-19-13-4-2-1-3-11(13)16(12)18(21)15-10-6-5-9(7-10)14(15)17/h1-4,8-10H,5-7H2. The predicted molar refractivity (Wildman–Crippen MR) is 78.3 cm³/mol. The number of fused-ring (bicyclic) bond motifs is 7. The fourth-order valence-corrected chi connectivity index (χ4v) is 4.40. The molecule has 1 fully saturated rings. The molecule has 3 heteroatoms. The molecule has 0 amide bonds. The summed E-state index contributed by atoms with van der Waals surface area (Å²) in [6, 6.07) is 7.58. The molecule has 3 aliphatic carbocycles. The number of hydrogen-bond acceptors (Lipinski definition) is 3. The first-order valence-corrected chi connectivity index (χ1v) is 7.47. The van der Waals surface area contributed by atoms with Gasteiger partial charge in [0.05, 0.1) is 11.1 Å². The van der Waals surface area contributed by atoms with Gasteiger partial charge in [-0.1, -0.05) is 18.2 Å². The Balaban J connectivity index is 1.86. The maximum Gasteiger partial charge on any atom is 0.192 e. The second-order valence-corrected chi connectivity index (χ2v) is 6.26. The average Bonchev–Trinajstić information content (AvgIpc) is 3.13. The Morgan fingerprint density at radius 1 is 0.952 bits per heavy atom. The van der Waals surface area contributed by atoms with E-state index in [2.05, 4.69) is 4.98 Å². The summed E-state index contributed by atoms with van der Waals surface area (Å²) >= 11 is 0. The molecule has 0 saturated heterocycles. The molecule has 0 spiro atoms. The van der Waals surface area contributed by atoms with Crippen LogP contribution in [-0.4, -0.2) is 16.6 Å². The normalized spacial score (nSPS) is 26.5. The number of allylic oxidation sites excluding steroid dienone is 2. The molecule has 1 heterocycles. The van der Waals surface area contributed by atoms with Crippen molar-refractivity contribution in [2.75, 3.05) is 0 Å². The molecule has 2 aromatic rings. The highest BCUT2D eigenvalue weighted by Crippen LogP contribution is 2.52. The topological polar surface area (TPSA) is 47.0 Å². The van der Waals surface area contributed by atoms with Gasteiger partial charge in [-0.05, 0) is 37.2 Å². The van der Waals surface area contributed by atoms with Crippen molar-refractivity contribution < 1.29 is 9.59 Å². The molecule has 102 valence electrons. The van der Waals surface area contributed by atoms with E-state index in [1.807, 2.05) is 24.3 Å². The Morgan fingerprint density at radius 2 is 1.67 bits per heavy atom. The third-order valence-electron chi connectivity index (χ3n) is 5.28. The summed E-state index contributed by atoms with van der Waals surface area (Å²) in [5.74, 6) is 0.734. The Bertz CT molecular complexity index is 878. The van der Waals surface area contributed by atoms with Crippen molar-refractivity contribution in [2.45, 2.75) is 19.3 Å². The first-order valence-electron chi connectivity index (χ1n) is 7.47. The van der Waals surface area contributed by atoms with Crippen LogP contribution in [0.2, 0.25) is 0 Å². The summed E-state index contributed by atoms with van der Waals surface area (Å²) in [6.45, 7) is 0. The quantitative estimate of drug-likeness (QED) is 0.740. The van der Waals surface area contributed by atoms with Crippen LogP contribution >= 0.6 is 0 Å². The largest absolute Gasteiger partial charge is 0.289 e. The molecule has 2 atom stereocenters. The van der Waals surface area contributed by atoms with Crippen molar-refractivity contribution in [1.82, 2.24) is 4.98 Å². The molecular formula is C18H13NO2. The number of ketones is 2. The smallest absolute Gasteiger partial charge is 0.192 e. The molecule has 0 N–H and O–H groups in total. The van der Waals surface area contributed by atoms with Crippen LogP contribution in [0.5, 0.6) is 0 Å². The number of pyridine rings is 1. The molecule has 5 rings (SSSR count). The summed E-state index contributed by atoms with van der Waals surface area (Å²) in [4.78, 5) is 30.2. The van der Waals surface area contributed by atoms with Crippen LogP contribution in [0, 0.1) is 11.8 Å². The van der Waals surface area contributed by atoms with Crippen molar-refractivity contribution in [1.29, 1.82) is 0 Å². The van der Waals surface area contributed by atoms with E-state index < -0.39 is 0 Å². The van der Waals surface area contributed by atoms with Gasteiger partial charge in [0.2, 0.25) is 0 Å². The van der Waals surface area contributed by atoms with Crippen LogP contribution in [0.1, 0.15) is 40.0 Å². The molecular weight excluding hydrogens is 262 g/mol. The summed E-state index contributed by atoms with van der Waals surface area (Å²) in [5, 5.41) is 0.808. The average molecular weight is 275 g/mol. The highest BCUT2D eigenvalue weighted by molar-refractivity contribution is 6.31. The van der Waals surface area contributed by atoms with Gasteiger partial charge in [-0.25, -0.2) is 0 Å². The SMILES string of the molecule is O=C1C2=C(C(=O)c3c1cnc1ccccc31)C1CCC2C1. The van der Waals surface area contributed by atoms with Crippen molar-refractivity contribution >= 4 is 22.5 Å². The monoisotopic (exact) mass is 275 g/mol. The number of benzene rings is 1. The first kappa shape index (κ1) is 11.4. The highest BCUT2D eigenvalue weighted by Gasteiger charge is 2.48. The lowest BCUT2D eigenvalue weighted by atomic mass is 9.77. The van der Waals surface area contributed by atoms with Crippen LogP contribution in [-0.2, 0) is 0 Å². The van der Waals surface area contributed by atoms with Crippen LogP contribution in [0.4, 0.5) is 0 Å². The lowest BCUT2D eigenvalue weighted by molar-refractivity contribution is 0.0964. The van der Waals surface area contributed by atoms with E-state index in [0.717, 1.165) is 41.3 Å². The number of carbonyl (C=O) groups is 2. The molecule has 1 aromatic carbocycles. The predicted octanol–water partition coefficient (Wildman–Crippen LogP) is 3.34. The number of para-hydroxylation sites is 1. The molecule has 2 unspecified atom stereocenters. The second-order valence-electron chi connectivity index (χ2n) is 6.26. The van der Waals surface area contributed by atoms with E-state index in [1.165, 1.54) is 0 Å². The van der Waals surface area contributed by atoms with E-state index in [1.54, 1.807) is 6.20 Å². The number of hydrogen-bond donors (Lipinski definition) is 0. The number of rotatable bonds is 0. The summed E-state index contributed by atoms with van der Waals surface area (Å²) in [5.41, 5.74) is 3.49. The van der Waals surface area contributed by atoms with Gasteiger partial charge < -0.3 is 0 Å². The molecule has 2 bridgehead atoms. The minimum atomic E-state index is 0.0463. The Labute approximate surface area is 121 Å². The third-order valence-corrected chi connectivity index (χ3v) is 5.28. The van der Waals surface area contributed by atoms with E-state index >= 15 is 0 Å². The van der Waals surface area contributed by atoms with Gasteiger partial charge in [0.25, 0.3) is 0 Å². The Morgan fingerprint density at radius 3 is 2.48 bits per heavy atom. The van der Waals surface area contributed by atoms with Gasteiger partial charge in [0.15, 0.2) is 11.6 Å². The maximum absolute atomic E-state index is 13.0. The number of nitrogens with zero attached hydrogens (tertiary/aromatic N) is 1. The summed E-state index contributed by atoms with van der Waals surface area (Å²) in [7, 11) is 0. The van der Waals surface area contributed by atoms with E-state index in [9.17, 15) is 9.59 Å². The van der Waals surface area contributed by atoms with Gasteiger partial charge >= 0.3 is 0 Å². The first-order chi connectivity index (χ1) is 10.3. The molecule has 0 radical (unpaired) electrons. The van der Waals surface area contributed by atoms with Gasteiger partial charge in [0, 0.05) is 28.3 Å². The van der Waals surface area contributed by atoms with Crippen LogP contribution < -0.4 is 0 Å². The van der Waals surface area contributed by atoms with Crippen molar-refractivity contribution in [3.05, 3.63) is 52.7 Å². The molecule has 3 nitrogen and oxygen atoms in total. The number of aromatic nitrogens is 1. The van der Waals surface area contributed by atoms with Crippen molar-refractivity contribution in [3.63, 3.8) is 0 Å². The lowest BCUT2D eigenvalue weighted by Gasteiger charge is -2.24. The van der Waals surface area contributed by atoms with Crippen LogP contribution in [0.3, 0.4) is 0 Å². The number of carbonyl (C=O) groups excluding carboxylic acids is 2. The summed E-state index contributed by atoms with van der Waals surface area (Å²) in [6.07, 6.45) is 4.69. The van der Waals surface area contributed by atoms with Crippen LogP contribution in [0.25, 0.3) is 10.9 Å². The van der Waals surface area contributed by atoms with E-state index in [0.29, 0.717) is 23.0 Å². The van der Waals surface area contributed by atoms with Crippen molar-refractivity contribution in [2.24, 2.45) is 11.8 Å². The molecule has 1 aromatic heterocycles. The highest BCUT2D eigenvalue weighted by atomic mass is 16.1. The third kappa shape index (κ3) is 1.27.